The minimum atomic E-state index is -0.214. The molecular weight excluding hydrogens is 420 g/mol. The van der Waals surface area contributed by atoms with Gasteiger partial charge in [-0.15, -0.1) is 0 Å². The number of benzene rings is 3. The van der Waals surface area contributed by atoms with Crippen LogP contribution in [0, 0.1) is 0 Å². The van der Waals surface area contributed by atoms with E-state index >= 15 is 0 Å². The van der Waals surface area contributed by atoms with Crippen molar-refractivity contribution >= 4 is 39.1 Å². The Morgan fingerprint density at radius 1 is 0.821 bits per heavy atom. The second-order valence-electron chi connectivity index (χ2n) is 5.95. The van der Waals surface area contributed by atoms with Gasteiger partial charge in [-0.3, -0.25) is 9.59 Å². The number of carbonyl (C=O) groups excluding carboxylic acids is 2. The van der Waals surface area contributed by atoms with Crippen molar-refractivity contribution in [3.8, 4) is 5.75 Å². The summed E-state index contributed by atoms with van der Waals surface area (Å²) in [6, 6.07) is 21.1. The van der Waals surface area contributed by atoms with Crippen LogP contribution in [-0.2, 0) is 0 Å². The number of nitrogens with one attached hydrogen (secondary N) is 2. The second-order valence-corrected chi connectivity index (χ2v) is 6.87. The third-order valence-corrected chi connectivity index (χ3v) is 4.41. The summed E-state index contributed by atoms with van der Waals surface area (Å²) < 4.78 is 6.21. The minimum Gasteiger partial charge on any atom is -0.494 e. The SMILES string of the molecule is CCOc1ccc(C(=O)Nc2ccc(NC(=O)c3cccc(Br)c3)cc2)cc1. The highest BCUT2D eigenvalue weighted by molar-refractivity contribution is 9.10. The van der Waals surface area contributed by atoms with Gasteiger partial charge in [-0.1, -0.05) is 22.0 Å². The first-order valence-corrected chi connectivity index (χ1v) is 9.55. The lowest BCUT2D eigenvalue weighted by molar-refractivity contribution is 0.101. The number of hydrogen-bond donors (Lipinski definition) is 2. The zero-order chi connectivity index (χ0) is 19.9. The summed E-state index contributed by atoms with van der Waals surface area (Å²) >= 11 is 3.35. The summed E-state index contributed by atoms with van der Waals surface area (Å²) in [5.41, 5.74) is 2.38. The summed E-state index contributed by atoms with van der Waals surface area (Å²) in [4.78, 5) is 24.6. The average molecular weight is 439 g/mol. The highest BCUT2D eigenvalue weighted by atomic mass is 79.9. The van der Waals surface area contributed by atoms with Crippen molar-refractivity contribution in [1.82, 2.24) is 0 Å². The van der Waals surface area contributed by atoms with Crippen LogP contribution in [0.4, 0.5) is 11.4 Å². The van der Waals surface area contributed by atoms with Crippen molar-refractivity contribution < 1.29 is 14.3 Å². The molecular formula is C22H19BrN2O3. The molecule has 0 bridgehead atoms. The molecule has 3 aromatic rings. The number of ether oxygens (including phenoxy) is 1. The van der Waals surface area contributed by atoms with E-state index in [2.05, 4.69) is 26.6 Å². The van der Waals surface area contributed by atoms with E-state index in [9.17, 15) is 9.59 Å². The van der Waals surface area contributed by atoms with Crippen LogP contribution in [0.25, 0.3) is 0 Å². The largest absolute Gasteiger partial charge is 0.494 e. The van der Waals surface area contributed by atoms with Gasteiger partial charge in [0.25, 0.3) is 11.8 Å². The van der Waals surface area contributed by atoms with Crippen molar-refractivity contribution in [2.45, 2.75) is 6.92 Å². The number of halogens is 1. The predicted octanol–water partition coefficient (Wildman–Crippen LogP) is 5.35. The van der Waals surface area contributed by atoms with Gasteiger partial charge in [0.1, 0.15) is 5.75 Å². The van der Waals surface area contributed by atoms with E-state index in [1.54, 1.807) is 66.7 Å². The van der Waals surface area contributed by atoms with Gasteiger partial charge in [-0.05, 0) is 73.7 Å². The number of hydrogen-bond acceptors (Lipinski definition) is 3. The molecule has 0 radical (unpaired) electrons. The Hall–Kier alpha value is -3.12. The first-order chi connectivity index (χ1) is 13.5. The first-order valence-electron chi connectivity index (χ1n) is 8.76. The van der Waals surface area contributed by atoms with E-state index in [1.165, 1.54) is 0 Å². The standard InChI is InChI=1S/C22H19BrN2O3/c1-2-28-20-12-6-15(7-13-20)21(26)24-18-8-10-19(11-9-18)25-22(27)16-4-3-5-17(23)14-16/h3-14H,2H2,1H3,(H,24,26)(H,25,27). The van der Waals surface area contributed by atoms with Crippen LogP contribution in [0.3, 0.4) is 0 Å². The van der Waals surface area contributed by atoms with E-state index in [1.807, 2.05) is 13.0 Å². The maximum Gasteiger partial charge on any atom is 0.255 e. The molecule has 0 spiro atoms. The molecule has 0 aromatic heterocycles. The molecule has 2 N–H and O–H groups in total. The summed E-state index contributed by atoms with van der Waals surface area (Å²) in [6.07, 6.45) is 0. The quantitative estimate of drug-likeness (QED) is 0.544. The molecule has 0 atom stereocenters. The van der Waals surface area contributed by atoms with Crippen LogP contribution < -0.4 is 15.4 Å². The predicted molar refractivity (Wildman–Crippen MR) is 114 cm³/mol. The monoisotopic (exact) mass is 438 g/mol. The molecule has 28 heavy (non-hydrogen) atoms. The summed E-state index contributed by atoms with van der Waals surface area (Å²) in [6.45, 7) is 2.49. The zero-order valence-corrected chi connectivity index (χ0v) is 16.8. The van der Waals surface area contributed by atoms with Crippen LogP contribution >= 0.6 is 15.9 Å². The third kappa shape index (κ3) is 5.20. The van der Waals surface area contributed by atoms with Crippen LogP contribution in [0.1, 0.15) is 27.6 Å². The van der Waals surface area contributed by atoms with E-state index in [0.717, 1.165) is 10.2 Å². The fourth-order valence-corrected chi connectivity index (χ4v) is 2.94. The molecule has 0 saturated carbocycles. The highest BCUT2D eigenvalue weighted by Crippen LogP contribution is 2.18. The van der Waals surface area contributed by atoms with Crippen molar-refractivity contribution in [3.63, 3.8) is 0 Å². The lowest BCUT2D eigenvalue weighted by Crippen LogP contribution is -2.13. The smallest absolute Gasteiger partial charge is 0.255 e. The number of rotatable bonds is 6. The van der Waals surface area contributed by atoms with Crippen molar-refractivity contribution in [1.29, 1.82) is 0 Å². The second kappa shape index (κ2) is 9.19. The molecule has 5 nitrogen and oxygen atoms in total. The van der Waals surface area contributed by atoms with Crippen LogP contribution in [0.2, 0.25) is 0 Å². The lowest BCUT2D eigenvalue weighted by atomic mass is 10.2. The third-order valence-electron chi connectivity index (χ3n) is 3.91. The fraction of sp³-hybridized carbons (Fsp3) is 0.0909. The minimum absolute atomic E-state index is 0.201. The molecule has 3 rings (SSSR count). The lowest BCUT2D eigenvalue weighted by Gasteiger charge is -2.09. The number of anilines is 2. The molecule has 0 aliphatic heterocycles. The van der Waals surface area contributed by atoms with Crippen molar-refractivity contribution in [2.24, 2.45) is 0 Å². The van der Waals surface area contributed by atoms with E-state index in [4.69, 9.17) is 4.74 Å². The van der Waals surface area contributed by atoms with Crippen LogP contribution in [0.5, 0.6) is 5.75 Å². The molecule has 0 unspecified atom stereocenters. The Morgan fingerprint density at radius 2 is 1.39 bits per heavy atom. The van der Waals surface area contributed by atoms with Crippen molar-refractivity contribution in [2.75, 3.05) is 17.2 Å². The van der Waals surface area contributed by atoms with Crippen LogP contribution in [-0.4, -0.2) is 18.4 Å². The topological polar surface area (TPSA) is 67.4 Å². The van der Waals surface area contributed by atoms with Gasteiger partial charge in [-0.25, -0.2) is 0 Å². The van der Waals surface area contributed by atoms with Gasteiger partial charge in [0.15, 0.2) is 0 Å². The van der Waals surface area contributed by atoms with Gasteiger partial charge in [0, 0.05) is 27.0 Å². The molecule has 3 aromatic carbocycles. The highest BCUT2D eigenvalue weighted by Gasteiger charge is 2.08. The van der Waals surface area contributed by atoms with E-state index < -0.39 is 0 Å². The average Bonchev–Trinajstić information content (AvgIpc) is 2.70. The molecule has 0 aliphatic rings. The molecule has 142 valence electrons. The Bertz CT molecular complexity index is 970. The van der Waals surface area contributed by atoms with Gasteiger partial charge >= 0.3 is 0 Å². The number of amides is 2. The fourth-order valence-electron chi connectivity index (χ4n) is 2.54. The molecule has 6 heteroatoms. The van der Waals surface area contributed by atoms with Crippen molar-refractivity contribution in [3.05, 3.63) is 88.4 Å². The maximum atomic E-state index is 12.3. The summed E-state index contributed by atoms with van der Waals surface area (Å²) in [5.74, 6) is 0.311. The normalized spacial score (nSPS) is 10.2. The Kier molecular flexibility index (Phi) is 6.45. The molecule has 0 aliphatic carbocycles. The van der Waals surface area contributed by atoms with Gasteiger partial charge < -0.3 is 15.4 Å². The zero-order valence-electron chi connectivity index (χ0n) is 15.2. The summed E-state index contributed by atoms with van der Waals surface area (Å²) in [7, 11) is 0. The molecule has 0 fully saturated rings. The Labute approximate surface area is 171 Å². The molecule has 2 amide bonds. The Morgan fingerprint density at radius 3 is 1.93 bits per heavy atom. The van der Waals surface area contributed by atoms with E-state index in [0.29, 0.717) is 29.1 Å². The maximum absolute atomic E-state index is 12.3. The Balaban J connectivity index is 1.60. The summed E-state index contributed by atoms with van der Waals surface area (Å²) in [5, 5.41) is 5.66. The van der Waals surface area contributed by atoms with E-state index in [-0.39, 0.29) is 11.8 Å². The molecule has 0 heterocycles. The molecule has 0 saturated heterocycles. The van der Waals surface area contributed by atoms with Gasteiger partial charge in [0.05, 0.1) is 6.61 Å². The van der Waals surface area contributed by atoms with Gasteiger partial charge in [0.2, 0.25) is 0 Å². The van der Waals surface area contributed by atoms with Gasteiger partial charge in [-0.2, -0.15) is 0 Å². The van der Waals surface area contributed by atoms with Crippen LogP contribution in [0.15, 0.2) is 77.3 Å². The number of carbonyl (C=O) groups is 2. The first kappa shape index (κ1) is 19.6.